The first-order valence-electron chi connectivity index (χ1n) is 11.2. The van der Waals surface area contributed by atoms with Crippen molar-refractivity contribution in [3.63, 3.8) is 0 Å². The summed E-state index contributed by atoms with van der Waals surface area (Å²) in [5.41, 5.74) is 3.23. The van der Waals surface area contributed by atoms with Gasteiger partial charge >= 0.3 is 0 Å². The first-order valence-corrected chi connectivity index (χ1v) is 11.2. The first kappa shape index (κ1) is 22.4. The number of nitrogens with one attached hydrogen (secondary N) is 1. The van der Waals surface area contributed by atoms with Crippen LogP contribution in [-0.2, 0) is 13.2 Å². The zero-order valence-electron chi connectivity index (χ0n) is 18.6. The standard InChI is InChI=1S/C24H30FN3O4/c1-3-30-21-12-17(13-22(23(21)25)31-4-2)14-28-9-7-18(8-10-28)26-24-27-19-11-16(15-29)5-6-20(19)32-24/h5-6,11-13,18,29H,3-4,7-10,14-15H2,1-2H3,(H,26,27). The lowest BCUT2D eigenvalue weighted by Crippen LogP contribution is -2.38. The van der Waals surface area contributed by atoms with Crippen LogP contribution < -0.4 is 14.8 Å². The summed E-state index contributed by atoms with van der Waals surface area (Å²) in [6, 6.07) is 9.81. The zero-order chi connectivity index (χ0) is 22.5. The highest BCUT2D eigenvalue weighted by molar-refractivity contribution is 5.75. The van der Waals surface area contributed by atoms with Crippen molar-refractivity contribution in [2.45, 2.75) is 45.9 Å². The molecule has 1 aliphatic rings. The SMILES string of the molecule is CCOc1cc(CN2CCC(Nc3nc4cc(CO)ccc4o3)CC2)cc(OCC)c1F. The van der Waals surface area contributed by atoms with E-state index in [4.69, 9.17) is 13.9 Å². The lowest BCUT2D eigenvalue weighted by atomic mass is 10.0. The van der Waals surface area contributed by atoms with Crippen LogP contribution in [0.5, 0.6) is 11.5 Å². The van der Waals surface area contributed by atoms with E-state index >= 15 is 0 Å². The van der Waals surface area contributed by atoms with Gasteiger partial charge in [0.2, 0.25) is 5.82 Å². The number of hydrogen-bond donors (Lipinski definition) is 2. The van der Waals surface area contributed by atoms with Gasteiger partial charge in [-0.2, -0.15) is 9.37 Å². The van der Waals surface area contributed by atoms with Crippen LogP contribution in [0.2, 0.25) is 0 Å². The lowest BCUT2D eigenvalue weighted by Gasteiger charge is -2.32. The van der Waals surface area contributed by atoms with Gasteiger partial charge in [0.05, 0.1) is 19.8 Å². The van der Waals surface area contributed by atoms with E-state index in [0.717, 1.165) is 42.6 Å². The number of rotatable bonds is 9. The Morgan fingerprint density at radius 2 is 1.78 bits per heavy atom. The van der Waals surface area contributed by atoms with Crippen molar-refractivity contribution in [2.24, 2.45) is 0 Å². The number of aliphatic hydroxyl groups excluding tert-OH is 1. The van der Waals surface area contributed by atoms with E-state index in [1.807, 2.05) is 32.0 Å². The largest absolute Gasteiger partial charge is 0.491 e. The van der Waals surface area contributed by atoms with Gasteiger partial charge in [0.1, 0.15) is 5.52 Å². The van der Waals surface area contributed by atoms with Crippen LogP contribution in [0.1, 0.15) is 37.8 Å². The monoisotopic (exact) mass is 443 g/mol. The molecule has 32 heavy (non-hydrogen) atoms. The number of aromatic nitrogens is 1. The number of fused-ring (bicyclic) bond motifs is 1. The molecule has 4 rings (SSSR count). The van der Waals surface area contributed by atoms with Gasteiger partial charge in [0.25, 0.3) is 6.01 Å². The number of ether oxygens (including phenoxy) is 2. The van der Waals surface area contributed by atoms with Gasteiger partial charge in [-0.25, -0.2) is 0 Å². The molecular formula is C24H30FN3O4. The molecule has 172 valence electrons. The molecule has 1 aromatic heterocycles. The molecule has 2 aromatic carbocycles. The van der Waals surface area contributed by atoms with Crippen molar-refractivity contribution >= 4 is 17.1 Å². The second-order valence-electron chi connectivity index (χ2n) is 7.95. The third kappa shape index (κ3) is 5.14. The molecule has 0 amide bonds. The van der Waals surface area contributed by atoms with Gasteiger partial charge in [-0.05, 0) is 62.1 Å². The van der Waals surface area contributed by atoms with E-state index < -0.39 is 5.82 Å². The van der Waals surface area contributed by atoms with Crippen molar-refractivity contribution < 1.29 is 23.4 Å². The molecule has 1 fully saturated rings. The number of benzene rings is 2. The van der Waals surface area contributed by atoms with Gasteiger partial charge in [-0.1, -0.05) is 6.07 Å². The summed E-state index contributed by atoms with van der Waals surface area (Å²) < 4.78 is 31.2. The highest BCUT2D eigenvalue weighted by Crippen LogP contribution is 2.30. The number of aliphatic hydroxyl groups is 1. The lowest BCUT2D eigenvalue weighted by molar-refractivity contribution is 0.209. The van der Waals surface area contributed by atoms with Gasteiger partial charge in [0, 0.05) is 25.7 Å². The Morgan fingerprint density at radius 1 is 1.09 bits per heavy atom. The van der Waals surface area contributed by atoms with E-state index in [2.05, 4.69) is 15.2 Å². The predicted octanol–water partition coefficient (Wildman–Crippen LogP) is 4.33. The number of hydrogen-bond acceptors (Lipinski definition) is 7. The van der Waals surface area contributed by atoms with Crippen molar-refractivity contribution in [1.29, 1.82) is 0 Å². The molecule has 7 nitrogen and oxygen atoms in total. The molecule has 2 heterocycles. The van der Waals surface area contributed by atoms with Gasteiger partial charge in [-0.15, -0.1) is 0 Å². The van der Waals surface area contributed by atoms with Crippen molar-refractivity contribution in [3.05, 3.63) is 47.3 Å². The summed E-state index contributed by atoms with van der Waals surface area (Å²) >= 11 is 0. The molecular weight excluding hydrogens is 413 g/mol. The van der Waals surface area contributed by atoms with Crippen molar-refractivity contribution in [1.82, 2.24) is 9.88 Å². The van der Waals surface area contributed by atoms with Crippen molar-refractivity contribution in [3.8, 4) is 11.5 Å². The van der Waals surface area contributed by atoms with Crippen LogP contribution in [0.25, 0.3) is 11.1 Å². The number of piperidine rings is 1. The molecule has 8 heteroatoms. The Bertz CT molecular complexity index is 1020. The van der Waals surface area contributed by atoms with Crippen LogP contribution in [0, 0.1) is 5.82 Å². The van der Waals surface area contributed by atoms with Crippen LogP contribution in [0.15, 0.2) is 34.7 Å². The molecule has 0 radical (unpaired) electrons. The predicted molar refractivity (Wildman–Crippen MR) is 121 cm³/mol. The zero-order valence-corrected chi connectivity index (χ0v) is 18.6. The van der Waals surface area contributed by atoms with Crippen LogP contribution in [-0.4, -0.2) is 47.3 Å². The number of oxazole rings is 1. The third-order valence-electron chi connectivity index (χ3n) is 5.62. The summed E-state index contributed by atoms with van der Waals surface area (Å²) in [7, 11) is 0. The topological polar surface area (TPSA) is 80.0 Å². The average Bonchev–Trinajstić information content (AvgIpc) is 3.20. The molecule has 0 unspecified atom stereocenters. The fourth-order valence-corrected chi connectivity index (χ4v) is 4.04. The molecule has 2 N–H and O–H groups in total. The van der Waals surface area contributed by atoms with Gasteiger partial charge < -0.3 is 24.3 Å². The van der Waals surface area contributed by atoms with Crippen molar-refractivity contribution in [2.75, 3.05) is 31.6 Å². The average molecular weight is 444 g/mol. The highest BCUT2D eigenvalue weighted by Gasteiger charge is 2.22. The third-order valence-corrected chi connectivity index (χ3v) is 5.62. The molecule has 0 atom stereocenters. The first-order chi connectivity index (χ1) is 15.6. The Kier molecular flexibility index (Phi) is 7.12. The molecule has 0 spiro atoms. The molecule has 0 aliphatic carbocycles. The highest BCUT2D eigenvalue weighted by atomic mass is 19.1. The summed E-state index contributed by atoms with van der Waals surface area (Å²) in [5, 5.41) is 12.7. The quantitative estimate of drug-likeness (QED) is 0.509. The Labute approximate surface area is 187 Å². The van der Waals surface area contributed by atoms with Crippen LogP contribution >= 0.6 is 0 Å². The normalized spacial score (nSPS) is 15.2. The maximum absolute atomic E-state index is 14.5. The fourth-order valence-electron chi connectivity index (χ4n) is 4.04. The number of nitrogens with zero attached hydrogens (tertiary/aromatic N) is 2. The van der Waals surface area contributed by atoms with Crippen LogP contribution in [0.4, 0.5) is 10.4 Å². The van der Waals surface area contributed by atoms with Crippen LogP contribution in [0.3, 0.4) is 0 Å². The summed E-state index contributed by atoms with van der Waals surface area (Å²) in [6.07, 6.45) is 1.89. The van der Waals surface area contributed by atoms with Gasteiger partial charge in [-0.3, -0.25) is 4.90 Å². The van der Waals surface area contributed by atoms with E-state index in [9.17, 15) is 9.50 Å². The molecule has 3 aromatic rings. The fraction of sp³-hybridized carbons (Fsp3) is 0.458. The second-order valence-corrected chi connectivity index (χ2v) is 7.95. The second kappa shape index (κ2) is 10.2. The minimum Gasteiger partial charge on any atom is -0.491 e. The minimum absolute atomic E-state index is 0.0177. The maximum atomic E-state index is 14.5. The van der Waals surface area contributed by atoms with E-state index in [1.54, 1.807) is 12.1 Å². The minimum atomic E-state index is -0.440. The van der Waals surface area contributed by atoms with E-state index in [1.165, 1.54) is 0 Å². The van der Waals surface area contributed by atoms with Gasteiger partial charge in [0.15, 0.2) is 17.1 Å². The Hall–Kier alpha value is -2.84. The molecule has 0 bridgehead atoms. The molecule has 1 saturated heterocycles. The summed E-state index contributed by atoms with van der Waals surface area (Å²) in [4.78, 5) is 6.84. The number of likely N-dealkylation sites (tertiary alicyclic amines) is 1. The Morgan fingerprint density at radius 3 is 2.41 bits per heavy atom. The molecule has 1 aliphatic heterocycles. The maximum Gasteiger partial charge on any atom is 0.295 e. The Balaban J connectivity index is 1.36. The number of anilines is 1. The number of halogens is 1. The summed E-state index contributed by atoms with van der Waals surface area (Å²) in [6.45, 7) is 6.98. The summed E-state index contributed by atoms with van der Waals surface area (Å²) in [5.74, 6) is 0.0421. The molecule has 0 saturated carbocycles. The van der Waals surface area contributed by atoms with E-state index in [-0.39, 0.29) is 24.1 Å². The smallest absolute Gasteiger partial charge is 0.295 e. The van der Waals surface area contributed by atoms with E-state index in [0.29, 0.717) is 31.4 Å².